The van der Waals surface area contributed by atoms with Crippen molar-refractivity contribution in [1.82, 2.24) is 55.4 Å². The number of alkyl carbamates (subject to hydrolysis) is 1. The zero-order valence-electron chi connectivity index (χ0n) is 49.3. The third kappa shape index (κ3) is 13.1. The van der Waals surface area contributed by atoms with E-state index in [2.05, 4.69) is 81.5 Å². The van der Waals surface area contributed by atoms with Crippen LogP contribution in [0.2, 0.25) is 20.1 Å². The number of piperazine rings is 1. The molecule has 1 amide bonds. The van der Waals surface area contributed by atoms with Crippen molar-refractivity contribution in [1.29, 1.82) is 0 Å². The van der Waals surface area contributed by atoms with Crippen LogP contribution in [0.3, 0.4) is 0 Å². The van der Waals surface area contributed by atoms with Crippen LogP contribution in [0.25, 0.3) is 43.6 Å². The molecule has 3 saturated heterocycles. The Kier molecular flexibility index (Phi) is 17.2. The number of carbonyl (C=O) groups excluding carboxylic acids is 1. The number of hydrogen-bond donors (Lipinski definition) is 6. The Labute approximate surface area is 540 Å². The molecule has 10 heterocycles. The van der Waals surface area contributed by atoms with Crippen molar-refractivity contribution >= 4 is 145 Å². The van der Waals surface area contributed by atoms with Gasteiger partial charge in [-0.3, -0.25) is 30.1 Å². The molecular weight excluding hydrogens is 1270 g/mol. The molecule has 5 aromatic heterocycles. The fourth-order valence-corrected chi connectivity index (χ4v) is 16.2. The van der Waals surface area contributed by atoms with E-state index >= 15 is 0 Å². The lowest BCUT2D eigenvalue weighted by Crippen LogP contribution is -2.62. The van der Waals surface area contributed by atoms with Crippen molar-refractivity contribution in [3.63, 3.8) is 0 Å². The molecule has 2 atom stereocenters. The van der Waals surface area contributed by atoms with Crippen LogP contribution in [0.5, 0.6) is 0 Å². The van der Waals surface area contributed by atoms with Crippen molar-refractivity contribution in [3.05, 3.63) is 152 Å². The highest BCUT2D eigenvalue weighted by molar-refractivity contribution is 7.92. The maximum atomic E-state index is 12.2. The average Bonchev–Trinajstić information content (AvgIpc) is 1.18. The number of rotatable bonds is 7. The molecule has 470 valence electrons. The minimum atomic E-state index is -3.27. The van der Waals surface area contributed by atoms with Gasteiger partial charge < -0.3 is 29.7 Å². The minimum absolute atomic E-state index is 0.0448. The SMILES string of the molecule is CS(=O)(=O)N1CCN(c2cc(Cl)cc3[nH]ncc23)C2CCCCC21.CS(=O)(=O)Nc1ccc2c(c1)CCN(c1cc(Cl)cc3[nH]ncc13)C2.Clc1cc(N2CCc3cnccc3C2)c2cn[nH]c2c1.O=C1NCC2(CCN(c3cc(Cl)cc4[nH]ncc34)CC2)O1. The molecule has 1 spiro atoms. The number of sulfonamides is 2. The first kappa shape index (κ1) is 61.3. The van der Waals surface area contributed by atoms with Crippen molar-refractivity contribution in [3.8, 4) is 0 Å². The zero-order valence-corrected chi connectivity index (χ0v) is 54.0. The van der Waals surface area contributed by atoms with Gasteiger partial charge in [-0.05, 0) is 115 Å². The van der Waals surface area contributed by atoms with E-state index in [4.69, 9.17) is 51.1 Å². The van der Waals surface area contributed by atoms with Crippen LogP contribution in [0, 0.1) is 0 Å². The topological polar surface area (TPSA) is 262 Å². The van der Waals surface area contributed by atoms with Gasteiger partial charge in [0.05, 0.1) is 65.9 Å². The number of halogens is 4. The first-order chi connectivity index (χ1) is 43.3. The van der Waals surface area contributed by atoms with Crippen molar-refractivity contribution in [2.24, 2.45) is 0 Å². The number of fused-ring (bicyclic) bond motifs is 7. The molecule has 1 saturated carbocycles. The summed E-state index contributed by atoms with van der Waals surface area (Å²) >= 11 is 24.9. The molecule has 0 bridgehead atoms. The predicted octanol–water partition coefficient (Wildman–Crippen LogP) is 11.2. The molecule has 4 fully saturated rings. The van der Waals surface area contributed by atoms with Gasteiger partial charge in [-0.25, -0.2) is 21.6 Å². The number of H-pyrrole nitrogens is 4. The Balaban J connectivity index is 0.000000110. The van der Waals surface area contributed by atoms with Crippen LogP contribution in [-0.2, 0) is 50.7 Å². The summed E-state index contributed by atoms with van der Waals surface area (Å²) in [7, 11) is -6.45. The normalized spacial score (nSPS) is 19.0. The number of aromatic nitrogens is 9. The van der Waals surface area contributed by atoms with Gasteiger partial charge in [0.1, 0.15) is 5.60 Å². The number of hydrogen-bond acceptors (Lipinski definition) is 15. The molecule has 28 heteroatoms. The summed E-state index contributed by atoms with van der Waals surface area (Å²) in [5.74, 6) is 0. The van der Waals surface area contributed by atoms with Gasteiger partial charge >= 0.3 is 6.09 Å². The molecule has 10 aromatic rings. The Bertz CT molecular complexity index is 4550. The number of amides is 1. The maximum Gasteiger partial charge on any atom is 0.407 e. The van der Waals surface area contributed by atoms with Gasteiger partial charge in [-0.1, -0.05) is 65.3 Å². The smallest absolute Gasteiger partial charge is 0.407 e. The first-order valence-corrected chi connectivity index (χ1v) is 35.0. The molecule has 5 aliphatic heterocycles. The molecule has 0 radical (unpaired) electrons. The first-order valence-electron chi connectivity index (χ1n) is 29.8. The molecular formula is C62H66Cl4N16O6S2. The van der Waals surface area contributed by atoms with Crippen LogP contribution in [-0.4, -0.2) is 149 Å². The van der Waals surface area contributed by atoms with Gasteiger partial charge in [0.25, 0.3) is 0 Å². The fourth-order valence-electron chi connectivity index (χ4n) is 13.6. The van der Waals surface area contributed by atoms with E-state index in [0.29, 0.717) is 40.4 Å². The lowest BCUT2D eigenvalue weighted by atomic mass is 9.87. The lowest BCUT2D eigenvalue weighted by Gasteiger charge is -2.50. The Hall–Kier alpha value is -7.58. The van der Waals surface area contributed by atoms with Crippen molar-refractivity contribution in [2.45, 2.75) is 82.1 Å². The van der Waals surface area contributed by atoms with E-state index in [-0.39, 0.29) is 23.8 Å². The fraction of sp³-hybridized carbons (Fsp3) is 0.355. The highest BCUT2D eigenvalue weighted by Gasteiger charge is 2.44. The summed E-state index contributed by atoms with van der Waals surface area (Å²) in [4.78, 5) is 24.7. The maximum absolute atomic E-state index is 12.2. The average molecular weight is 1340 g/mol. The highest BCUT2D eigenvalue weighted by atomic mass is 35.5. The van der Waals surface area contributed by atoms with Gasteiger partial charge in [-0.15, -0.1) is 0 Å². The third-order valence-corrected chi connectivity index (χ3v) is 20.7. The van der Waals surface area contributed by atoms with Crippen LogP contribution < -0.4 is 29.6 Å². The third-order valence-electron chi connectivity index (χ3n) is 17.9. The molecule has 16 rings (SSSR count). The number of nitrogens with zero attached hydrogens (tertiary/aromatic N) is 10. The standard InChI is InChI=1S/C17H17ClN4O2S.C16H21ClN4O2S.C15H13ClN4.C14H15ClN4O2/c1-25(23,24)21-14-3-2-12-10-22(5-4-11(12)6-14)17-8-13(18)7-16-15(17)9-19-20-16;1-24(22,23)21-7-6-20(14-4-2-3-5-15(14)21)16-9-11(17)8-13-12(16)10-18-19-13;16-12-5-14-13(8-18-19-14)15(6-12)20-4-2-10-7-17-3-1-11(10)9-20;15-9-5-11-10(7-17-18-11)12(6-9)19-3-1-14(2-4-19)8-16-13(20)21-14/h2-3,6-9,21H,4-5,10H2,1H3,(H,19,20);8-10,14-15H,2-7H2,1H3,(H,18,19);1,3,5-8H,2,4,9H2,(H,18,19);5-7H,1-4,8H2,(H,16,20)(H,17,18). The number of ether oxygens (including phenoxy) is 1. The van der Waals surface area contributed by atoms with Crippen molar-refractivity contribution < 1.29 is 26.4 Å². The van der Waals surface area contributed by atoms with E-state index in [1.807, 2.05) is 97.8 Å². The predicted molar refractivity (Wildman–Crippen MR) is 357 cm³/mol. The second-order valence-electron chi connectivity index (χ2n) is 23.8. The number of piperidine rings is 1. The zero-order chi connectivity index (χ0) is 62.5. The summed E-state index contributed by atoms with van der Waals surface area (Å²) < 4.78 is 56.8. The molecule has 6 aliphatic rings. The molecule has 22 nitrogen and oxygen atoms in total. The van der Waals surface area contributed by atoms with Gasteiger partial charge in [0, 0.05) is 160 Å². The number of benzene rings is 5. The lowest BCUT2D eigenvalue weighted by molar-refractivity contribution is 0.0367. The summed E-state index contributed by atoms with van der Waals surface area (Å²) in [5.41, 5.74) is 13.4. The summed E-state index contributed by atoms with van der Waals surface area (Å²) in [6, 6.07) is 23.5. The highest BCUT2D eigenvalue weighted by Crippen LogP contribution is 2.41. The van der Waals surface area contributed by atoms with E-state index in [9.17, 15) is 21.6 Å². The number of pyridine rings is 1. The van der Waals surface area contributed by atoms with E-state index in [0.717, 1.165) is 174 Å². The Morgan fingerprint density at radius 2 is 1.03 bits per heavy atom. The van der Waals surface area contributed by atoms with E-state index in [1.54, 1.807) is 10.4 Å². The number of anilines is 5. The quantitative estimate of drug-likeness (QED) is 0.0867. The molecule has 2 unspecified atom stereocenters. The monoisotopic (exact) mass is 1330 g/mol. The summed E-state index contributed by atoms with van der Waals surface area (Å²) in [6.45, 7) is 6.89. The van der Waals surface area contributed by atoms with E-state index < -0.39 is 20.0 Å². The number of aromatic amines is 4. The molecule has 6 N–H and O–H groups in total. The van der Waals surface area contributed by atoms with Gasteiger partial charge in [0.15, 0.2) is 0 Å². The Morgan fingerprint density at radius 3 is 1.54 bits per heavy atom. The Morgan fingerprint density at radius 1 is 0.544 bits per heavy atom. The van der Waals surface area contributed by atoms with Crippen LogP contribution in [0.1, 0.15) is 60.8 Å². The summed E-state index contributed by atoms with van der Waals surface area (Å²) in [5, 5.41) is 38.1. The van der Waals surface area contributed by atoms with Gasteiger partial charge in [0.2, 0.25) is 20.0 Å². The second kappa shape index (κ2) is 25.2. The second-order valence-corrected chi connectivity index (χ2v) is 29.2. The largest absolute Gasteiger partial charge is 0.441 e. The number of carbonyl (C=O) groups is 1. The van der Waals surface area contributed by atoms with Gasteiger partial charge in [-0.2, -0.15) is 24.7 Å². The van der Waals surface area contributed by atoms with E-state index in [1.165, 1.54) is 22.9 Å². The molecule has 5 aromatic carbocycles. The number of nitrogens with one attached hydrogen (secondary N) is 6. The minimum Gasteiger partial charge on any atom is -0.441 e. The van der Waals surface area contributed by atoms with Crippen LogP contribution >= 0.6 is 46.4 Å². The van der Waals surface area contributed by atoms with Crippen molar-refractivity contribution in [2.75, 3.05) is 82.6 Å². The molecule has 90 heavy (non-hydrogen) atoms. The molecule has 1 aliphatic carbocycles. The van der Waals surface area contributed by atoms with Crippen LogP contribution in [0.15, 0.2) is 110 Å². The summed E-state index contributed by atoms with van der Waals surface area (Å²) in [6.07, 6.45) is 20.9. The van der Waals surface area contributed by atoms with Crippen LogP contribution in [0.4, 0.5) is 33.2 Å².